The van der Waals surface area contributed by atoms with E-state index in [4.69, 9.17) is 21.1 Å². The third-order valence-corrected chi connectivity index (χ3v) is 7.61. The minimum Gasteiger partial charge on any atom is -0.481 e. The normalized spacial score (nSPS) is 13.5. The summed E-state index contributed by atoms with van der Waals surface area (Å²) in [6.45, 7) is 1.44. The maximum Gasteiger partial charge on any atom is 0.309 e. The number of aliphatic carboxylic acids is 1. The van der Waals surface area contributed by atoms with Crippen LogP contribution in [0.15, 0.2) is 83.5 Å². The fourth-order valence-electron chi connectivity index (χ4n) is 4.54. The van der Waals surface area contributed by atoms with Crippen LogP contribution < -0.4 is 0 Å². The van der Waals surface area contributed by atoms with E-state index in [1.165, 1.54) is 23.9 Å². The van der Waals surface area contributed by atoms with Crippen molar-refractivity contribution in [2.75, 3.05) is 13.1 Å². The van der Waals surface area contributed by atoms with Crippen LogP contribution in [-0.2, 0) is 23.1 Å². The SMILES string of the molecule is Fc1cc(CBr)cnc1Cl.O=C(O)C1CN(Cc2cnc(-c3cc4cc(Cc5ccccc5)ccc4o3)c(F)c2)C1. The number of nitrogens with zero attached hydrogens (tertiary/aromatic N) is 3. The molecule has 4 heterocycles. The molecule has 2 aromatic carbocycles. The van der Waals surface area contributed by atoms with E-state index in [0.29, 0.717) is 41.9 Å². The Morgan fingerprint density at radius 2 is 1.68 bits per heavy atom. The number of rotatable bonds is 7. The fraction of sp³-hybridized carbons (Fsp3) is 0.194. The van der Waals surface area contributed by atoms with Gasteiger partial charge in [-0.1, -0.05) is 63.9 Å². The fourth-order valence-corrected chi connectivity index (χ4v) is 4.95. The number of carboxylic acid groups (broad SMARTS) is 1. The third kappa shape index (κ3) is 7.16. The van der Waals surface area contributed by atoms with Gasteiger partial charge in [0.05, 0.1) is 5.92 Å². The summed E-state index contributed by atoms with van der Waals surface area (Å²) in [7, 11) is 0. The van der Waals surface area contributed by atoms with Crippen molar-refractivity contribution in [3.63, 3.8) is 0 Å². The van der Waals surface area contributed by atoms with Gasteiger partial charge in [-0.2, -0.15) is 0 Å². The second kappa shape index (κ2) is 12.9. The lowest BCUT2D eigenvalue weighted by Crippen LogP contribution is -2.49. The number of benzene rings is 2. The molecule has 210 valence electrons. The van der Waals surface area contributed by atoms with Crippen molar-refractivity contribution in [3.05, 3.63) is 118 Å². The van der Waals surface area contributed by atoms with E-state index in [2.05, 4.69) is 44.1 Å². The molecule has 3 aromatic heterocycles. The third-order valence-electron chi connectivity index (χ3n) is 6.68. The molecular formula is C31H25BrClF2N3O3. The second-order valence-electron chi connectivity index (χ2n) is 9.80. The van der Waals surface area contributed by atoms with E-state index in [9.17, 15) is 13.6 Å². The van der Waals surface area contributed by atoms with E-state index in [1.807, 2.05) is 41.3 Å². The highest BCUT2D eigenvalue weighted by Crippen LogP contribution is 2.30. The van der Waals surface area contributed by atoms with Gasteiger partial charge < -0.3 is 9.52 Å². The molecule has 1 aliphatic rings. The summed E-state index contributed by atoms with van der Waals surface area (Å²) < 4.78 is 33.2. The smallest absolute Gasteiger partial charge is 0.309 e. The highest BCUT2D eigenvalue weighted by atomic mass is 79.9. The van der Waals surface area contributed by atoms with Crippen molar-refractivity contribution in [2.24, 2.45) is 5.92 Å². The highest BCUT2D eigenvalue weighted by molar-refractivity contribution is 9.08. The number of hydrogen-bond acceptors (Lipinski definition) is 5. The number of hydrogen-bond donors (Lipinski definition) is 1. The van der Waals surface area contributed by atoms with Crippen molar-refractivity contribution >= 4 is 44.5 Å². The van der Waals surface area contributed by atoms with Crippen molar-refractivity contribution < 1.29 is 23.1 Å². The van der Waals surface area contributed by atoms with E-state index < -0.39 is 17.6 Å². The molecule has 0 atom stereocenters. The predicted octanol–water partition coefficient (Wildman–Crippen LogP) is 7.51. The molecule has 0 bridgehead atoms. The zero-order chi connectivity index (χ0) is 28.9. The first kappa shape index (κ1) is 28.9. The quantitative estimate of drug-likeness (QED) is 0.147. The minimum absolute atomic E-state index is 0.0790. The van der Waals surface area contributed by atoms with Gasteiger partial charge in [-0.15, -0.1) is 0 Å². The summed E-state index contributed by atoms with van der Waals surface area (Å²) in [6.07, 6.45) is 3.97. The lowest BCUT2D eigenvalue weighted by molar-refractivity contribution is -0.147. The van der Waals surface area contributed by atoms with Crippen LogP contribution in [0.3, 0.4) is 0 Å². The highest BCUT2D eigenvalue weighted by Gasteiger charge is 2.32. The molecule has 0 amide bonds. The summed E-state index contributed by atoms with van der Waals surface area (Å²) in [4.78, 5) is 20.8. The van der Waals surface area contributed by atoms with Crippen molar-refractivity contribution in [1.82, 2.24) is 14.9 Å². The molecule has 6 rings (SSSR count). The lowest BCUT2D eigenvalue weighted by atomic mass is 10.00. The molecule has 5 aromatic rings. The molecule has 0 unspecified atom stereocenters. The van der Waals surface area contributed by atoms with Gasteiger partial charge in [-0.25, -0.2) is 18.7 Å². The topological polar surface area (TPSA) is 79.5 Å². The molecule has 0 spiro atoms. The van der Waals surface area contributed by atoms with E-state index in [1.54, 1.807) is 6.20 Å². The van der Waals surface area contributed by atoms with Gasteiger partial charge in [-0.05, 0) is 59.0 Å². The molecule has 1 fully saturated rings. The van der Waals surface area contributed by atoms with Gasteiger partial charge in [0.25, 0.3) is 0 Å². The molecule has 0 radical (unpaired) electrons. The molecule has 6 nitrogen and oxygen atoms in total. The van der Waals surface area contributed by atoms with E-state index >= 15 is 0 Å². The van der Waals surface area contributed by atoms with Gasteiger partial charge >= 0.3 is 5.97 Å². The van der Waals surface area contributed by atoms with Crippen molar-refractivity contribution in [1.29, 1.82) is 0 Å². The second-order valence-corrected chi connectivity index (χ2v) is 10.7. The Balaban J connectivity index is 0.000000287. The Kier molecular flexibility index (Phi) is 9.07. The standard InChI is InChI=1S/C25H21FN2O3.C6H4BrClFN/c26-21-10-18(13-28-14-20(15-28)25(29)30)12-27-24(21)23-11-19-9-17(6-7-22(19)31-23)8-16-4-2-1-3-5-16;7-2-4-1-5(9)6(8)10-3-4/h1-7,9-12,20H,8,13-15H2,(H,29,30);1,3H,2H2. The number of alkyl halides is 1. The average molecular weight is 641 g/mol. The molecule has 10 heteroatoms. The average Bonchev–Trinajstić information content (AvgIpc) is 3.36. The van der Waals surface area contributed by atoms with Crippen molar-refractivity contribution in [2.45, 2.75) is 18.3 Å². The Morgan fingerprint density at radius 3 is 2.37 bits per heavy atom. The van der Waals surface area contributed by atoms with Gasteiger partial charge in [-0.3, -0.25) is 9.69 Å². The Bertz CT molecular complexity index is 1680. The number of likely N-dealkylation sites (tertiary alicyclic amines) is 1. The van der Waals surface area contributed by atoms with E-state index in [-0.39, 0.29) is 16.8 Å². The predicted molar refractivity (Wildman–Crippen MR) is 157 cm³/mol. The molecule has 41 heavy (non-hydrogen) atoms. The molecular weight excluding hydrogens is 616 g/mol. The Morgan fingerprint density at radius 1 is 0.951 bits per heavy atom. The molecule has 0 saturated carbocycles. The summed E-state index contributed by atoms with van der Waals surface area (Å²) in [6, 6.07) is 20.8. The molecule has 0 aliphatic carbocycles. The maximum absolute atomic E-state index is 14.8. The first-order valence-corrected chi connectivity index (χ1v) is 14.3. The zero-order valence-electron chi connectivity index (χ0n) is 21.7. The number of pyridine rings is 2. The number of carboxylic acids is 1. The monoisotopic (exact) mass is 639 g/mol. The number of halogens is 4. The summed E-state index contributed by atoms with van der Waals surface area (Å²) >= 11 is 8.50. The Hall–Kier alpha value is -3.66. The van der Waals surface area contributed by atoms with Crippen LogP contribution in [0.2, 0.25) is 5.15 Å². The van der Waals surface area contributed by atoms with Crippen LogP contribution in [0.1, 0.15) is 22.3 Å². The van der Waals surface area contributed by atoms with Gasteiger partial charge in [0, 0.05) is 42.7 Å². The largest absolute Gasteiger partial charge is 0.481 e. The van der Waals surface area contributed by atoms with E-state index in [0.717, 1.165) is 22.9 Å². The van der Waals surface area contributed by atoms with Gasteiger partial charge in [0.1, 0.15) is 11.3 Å². The van der Waals surface area contributed by atoms with Crippen molar-refractivity contribution in [3.8, 4) is 11.5 Å². The molecule has 1 saturated heterocycles. The van der Waals surface area contributed by atoms with Crippen LogP contribution in [-0.4, -0.2) is 39.0 Å². The molecule has 1 N–H and O–H groups in total. The number of aromatic nitrogens is 2. The maximum atomic E-state index is 14.8. The molecule has 1 aliphatic heterocycles. The zero-order valence-corrected chi connectivity index (χ0v) is 24.1. The summed E-state index contributed by atoms with van der Waals surface area (Å²) in [5.41, 5.74) is 4.75. The summed E-state index contributed by atoms with van der Waals surface area (Å²) in [5, 5.41) is 10.4. The first-order valence-electron chi connectivity index (χ1n) is 12.8. The summed E-state index contributed by atoms with van der Waals surface area (Å²) in [5.74, 6) is -1.65. The number of carbonyl (C=O) groups is 1. The minimum atomic E-state index is -0.785. The number of fused-ring (bicyclic) bond motifs is 1. The Labute approximate surface area is 248 Å². The first-order chi connectivity index (χ1) is 19.8. The van der Waals surface area contributed by atoms with Crippen LogP contribution in [0.5, 0.6) is 0 Å². The van der Waals surface area contributed by atoms with Crippen LogP contribution >= 0.6 is 27.5 Å². The van der Waals surface area contributed by atoms with Gasteiger partial charge in [0.15, 0.2) is 22.5 Å². The van der Waals surface area contributed by atoms with Gasteiger partial charge in [0.2, 0.25) is 0 Å². The van der Waals surface area contributed by atoms with Crippen LogP contribution in [0.4, 0.5) is 8.78 Å². The van der Waals surface area contributed by atoms with Crippen LogP contribution in [0.25, 0.3) is 22.4 Å². The van der Waals surface area contributed by atoms with Crippen LogP contribution in [0, 0.1) is 17.6 Å². The number of furan rings is 1. The lowest BCUT2D eigenvalue weighted by Gasteiger charge is -2.36.